The number of hydrogen-bond acceptors (Lipinski definition) is 2. The molecule has 2 heterocycles. The fourth-order valence-corrected chi connectivity index (χ4v) is 9.22. The van der Waals surface area contributed by atoms with Gasteiger partial charge in [-0.1, -0.05) is 146 Å². The summed E-state index contributed by atoms with van der Waals surface area (Å²) in [6, 6.07) is 82.8. The molecule has 0 fully saturated rings. The quantitative estimate of drug-likeness (QED) is 0.161. The van der Waals surface area contributed by atoms with Crippen LogP contribution in [0.4, 0.5) is 17.1 Å². The Hall–Kier alpha value is -8.14. The van der Waals surface area contributed by atoms with Crippen LogP contribution >= 0.6 is 0 Å². The number of hydrogen-bond donors (Lipinski definition) is 0. The minimum absolute atomic E-state index is 0.878. The van der Waals surface area contributed by atoms with Crippen LogP contribution in [0.15, 0.2) is 235 Å². The van der Waals surface area contributed by atoms with E-state index >= 15 is 0 Å². The molecular formula is C58H38N2O. The molecule has 0 N–H and O–H groups in total. The number of anilines is 3. The lowest BCUT2D eigenvalue weighted by Gasteiger charge is -2.26. The second kappa shape index (κ2) is 14.3. The van der Waals surface area contributed by atoms with Gasteiger partial charge in [-0.15, -0.1) is 0 Å². The van der Waals surface area contributed by atoms with Crippen LogP contribution in [0.1, 0.15) is 0 Å². The summed E-state index contributed by atoms with van der Waals surface area (Å²) in [6.45, 7) is 0. The Bertz CT molecular complexity index is 3470. The van der Waals surface area contributed by atoms with E-state index < -0.39 is 0 Å². The van der Waals surface area contributed by atoms with Gasteiger partial charge >= 0.3 is 0 Å². The van der Waals surface area contributed by atoms with Crippen LogP contribution in [0.2, 0.25) is 0 Å². The fraction of sp³-hybridized carbons (Fsp3) is 0. The SMILES string of the molecule is c1ccc(-c2ccc(N(c3ccc(-c4ccccc4)cc3)c3ccc4ccc5oc6ccc(-c7ccc8c(c7)c7ccccc7n8-c7ccccc7)cc6c5c4c3)cc2)cc1. The zero-order valence-corrected chi connectivity index (χ0v) is 33.2. The van der Waals surface area contributed by atoms with Crippen LogP contribution in [0.3, 0.4) is 0 Å². The first-order valence-corrected chi connectivity index (χ1v) is 20.8. The van der Waals surface area contributed by atoms with Gasteiger partial charge in [-0.3, -0.25) is 0 Å². The highest BCUT2D eigenvalue weighted by Gasteiger charge is 2.18. The number of aromatic nitrogens is 1. The third-order valence-electron chi connectivity index (χ3n) is 12.2. The summed E-state index contributed by atoms with van der Waals surface area (Å²) in [5.74, 6) is 0. The molecule has 0 atom stereocenters. The van der Waals surface area contributed by atoms with Crippen LogP contribution in [0, 0.1) is 0 Å². The lowest BCUT2D eigenvalue weighted by atomic mass is 9.98. The van der Waals surface area contributed by atoms with Gasteiger partial charge in [0, 0.05) is 44.3 Å². The molecule has 3 nitrogen and oxygen atoms in total. The van der Waals surface area contributed by atoms with Gasteiger partial charge in [-0.25, -0.2) is 0 Å². The van der Waals surface area contributed by atoms with Crippen molar-refractivity contribution in [2.45, 2.75) is 0 Å². The van der Waals surface area contributed by atoms with Gasteiger partial charge in [-0.05, 0) is 129 Å². The predicted molar refractivity (Wildman–Crippen MR) is 257 cm³/mol. The smallest absolute Gasteiger partial charge is 0.136 e. The van der Waals surface area contributed by atoms with E-state index in [1.807, 2.05) is 0 Å². The molecule has 0 spiro atoms. The van der Waals surface area contributed by atoms with Gasteiger partial charge in [0.1, 0.15) is 11.2 Å². The average Bonchev–Trinajstić information content (AvgIpc) is 3.88. The molecule has 0 aliphatic heterocycles. The summed E-state index contributed by atoms with van der Waals surface area (Å²) in [7, 11) is 0. The minimum Gasteiger partial charge on any atom is -0.456 e. The Labute approximate surface area is 353 Å². The predicted octanol–water partition coefficient (Wildman–Crippen LogP) is 16.3. The van der Waals surface area contributed by atoms with Crippen molar-refractivity contribution < 1.29 is 4.42 Å². The van der Waals surface area contributed by atoms with E-state index in [1.165, 1.54) is 55.0 Å². The highest BCUT2D eigenvalue weighted by molar-refractivity contribution is 6.20. The van der Waals surface area contributed by atoms with Crippen molar-refractivity contribution in [2.75, 3.05) is 4.90 Å². The summed E-state index contributed by atoms with van der Waals surface area (Å²) in [5, 5.41) is 7.02. The molecule has 0 bridgehead atoms. The number of nitrogens with zero attached hydrogens (tertiary/aromatic N) is 2. The monoisotopic (exact) mass is 778 g/mol. The molecule has 0 aliphatic rings. The number of furan rings is 1. The van der Waals surface area contributed by atoms with E-state index in [0.29, 0.717) is 0 Å². The van der Waals surface area contributed by atoms with Crippen LogP contribution in [-0.4, -0.2) is 4.57 Å². The lowest BCUT2D eigenvalue weighted by molar-refractivity contribution is 0.669. The number of para-hydroxylation sites is 2. The summed E-state index contributed by atoms with van der Waals surface area (Å²) in [6.07, 6.45) is 0. The first-order valence-electron chi connectivity index (χ1n) is 20.8. The molecule has 12 rings (SSSR count). The second-order valence-corrected chi connectivity index (χ2v) is 15.7. The molecule has 10 aromatic carbocycles. The molecule has 0 saturated heterocycles. The number of rotatable bonds is 7. The van der Waals surface area contributed by atoms with Crippen LogP contribution in [0.5, 0.6) is 0 Å². The third-order valence-corrected chi connectivity index (χ3v) is 12.2. The largest absolute Gasteiger partial charge is 0.456 e. The van der Waals surface area contributed by atoms with E-state index in [2.05, 4.69) is 240 Å². The lowest BCUT2D eigenvalue weighted by Crippen LogP contribution is -2.09. The van der Waals surface area contributed by atoms with Crippen molar-refractivity contribution in [3.63, 3.8) is 0 Å². The second-order valence-electron chi connectivity index (χ2n) is 15.7. The van der Waals surface area contributed by atoms with Crippen LogP contribution in [-0.2, 0) is 0 Å². The standard InChI is InChI=1S/C58H38N2O/c1-4-12-39(13-5-1)41-20-28-47(29-21-41)59(48-30-22-42(23-31-48)40-14-6-2-7-15-40)49-32-24-43-26-35-57-58(51(43)38-49)53-37-45(27-34-56(53)61-57)44-25-33-55-52(36-44)50-18-10-11-19-54(50)60(55)46-16-8-3-9-17-46/h1-38H. The number of fused-ring (bicyclic) bond motifs is 8. The Morgan fingerprint density at radius 1 is 0.311 bits per heavy atom. The van der Waals surface area contributed by atoms with Gasteiger partial charge in [0.15, 0.2) is 0 Å². The molecule has 3 heteroatoms. The molecule has 0 radical (unpaired) electrons. The average molecular weight is 779 g/mol. The summed E-state index contributed by atoms with van der Waals surface area (Å²) in [5.41, 5.74) is 15.7. The van der Waals surface area contributed by atoms with Crippen molar-refractivity contribution in [2.24, 2.45) is 0 Å². The number of benzene rings is 10. The van der Waals surface area contributed by atoms with Crippen molar-refractivity contribution in [1.29, 1.82) is 0 Å². The van der Waals surface area contributed by atoms with Gasteiger partial charge in [-0.2, -0.15) is 0 Å². The maximum atomic E-state index is 6.59. The van der Waals surface area contributed by atoms with E-state index in [9.17, 15) is 0 Å². The molecule has 61 heavy (non-hydrogen) atoms. The van der Waals surface area contributed by atoms with Crippen molar-refractivity contribution in [1.82, 2.24) is 4.57 Å². The molecule has 0 amide bonds. The molecular weight excluding hydrogens is 741 g/mol. The van der Waals surface area contributed by atoms with Gasteiger partial charge in [0.05, 0.1) is 11.0 Å². The summed E-state index contributed by atoms with van der Waals surface area (Å²) in [4.78, 5) is 2.36. The molecule has 0 unspecified atom stereocenters. The molecule has 286 valence electrons. The van der Waals surface area contributed by atoms with E-state index in [4.69, 9.17) is 4.42 Å². The minimum atomic E-state index is 0.878. The van der Waals surface area contributed by atoms with Gasteiger partial charge < -0.3 is 13.9 Å². The third kappa shape index (κ3) is 5.98. The highest BCUT2D eigenvalue weighted by atomic mass is 16.3. The normalized spacial score (nSPS) is 11.6. The molecule has 0 saturated carbocycles. The summed E-state index contributed by atoms with van der Waals surface area (Å²) < 4.78 is 8.96. The topological polar surface area (TPSA) is 21.3 Å². The van der Waals surface area contributed by atoms with Crippen LogP contribution in [0.25, 0.3) is 93.6 Å². The molecule has 0 aliphatic carbocycles. The Balaban J connectivity index is 1.00. The first-order chi connectivity index (χ1) is 30.2. The maximum absolute atomic E-state index is 6.59. The van der Waals surface area contributed by atoms with Crippen molar-refractivity contribution in [3.05, 3.63) is 231 Å². The zero-order valence-electron chi connectivity index (χ0n) is 33.2. The van der Waals surface area contributed by atoms with Gasteiger partial charge in [0.2, 0.25) is 0 Å². The van der Waals surface area contributed by atoms with Gasteiger partial charge in [0.25, 0.3) is 0 Å². The Morgan fingerprint density at radius 3 is 1.48 bits per heavy atom. The highest BCUT2D eigenvalue weighted by Crippen LogP contribution is 2.43. The fourth-order valence-electron chi connectivity index (χ4n) is 9.22. The van der Waals surface area contributed by atoms with Crippen molar-refractivity contribution >= 4 is 71.6 Å². The molecule has 2 aromatic heterocycles. The Morgan fingerprint density at radius 2 is 0.803 bits per heavy atom. The maximum Gasteiger partial charge on any atom is 0.136 e. The molecule has 12 aromatic rings. The van der Waals surface area contributed by atoms with E-state index in [-0.39, 0.29) is 0 Å². The zero-order chi connectivity index (χ0) is 40.3. The van der Waals surface area contributed by atoms with E-state index in [1.54, 1.807) is 0 Å². The van der Waals surface area contributed by atoms with Crippen LogP contribution < -0.4 is 4.90 Å². The first kappa shape index (κ1) is 34.9. The summed E-state index contributed by atoms with van der Waals surface area (Å²) >= 11 is 0. The van der Waals surface area contributed by atoms with E-state index in [0.717, 1.165) is 55.6 Å². The van der Waals surface area contributed by atoms with Crippen molar-refractivity contribution in [3.8, 4) is 39.1 Å². The Kier molecular flexibility index (Phi) is 8.17.